The number of fused-ring (bicyclic) bond motifs is 1. The Bertz CT molecular complexity index is 961. The number of carboxylic acid groups (broad SMARTS) is 1. The van der Waals surface area contributed by atoms with Crippen LogP contribution >= 0.6 is 0 Å². The molecule has 0 aromatic carbocycles. The maximum Gasteiger partial charge on any atom is 0.303 e. The molecule has 242 valence electrons. The van der Waals surface area contributed by atoms with Gasteiger partial charge in [0.05, 0.1) is 12.2 Å². The molecule has 42 heavy (non-hydrogen) atoms. The zero-order valence-electron chi connectivity index (χ0n) is 29.5. The first-order valence-corrected chi connectivity index (χ1v) is 22.9. The lowest BCUT2D eigenvalue weighted by atomic mass is 9.60. The molecular weight excluding hydrogens is 553 g/mol. The van der Waals surface area contributed by atoms with Crippen molar-refractivity contribution in [2.75, 3.05) is 0 Å². The Labute approximate surface area is 261 Å². The lowest BCUT2D eigenvalue weighted by molar-refractivity contribution is -0.137. The smallest absolute Gasteiger partial charge is 0.303 e. The van der Waals surface area contributed by atoms with E-state index in [2.05, 4.69) is 93.7 Å². The second-order valence-electron chi connectivity index (χ2n) is 17.6. The van der Waals surface area contributed by atoms with Gasteiger partial charge in [-0.05, 0) is 124 Å². The molecule has 6 atom stereocenters. The van der Waals surface area contributed by atoms with E-state index in [9.17, 15) is 4.79 Å². The lowest BCUT2D eigenvalue weighted by Gasteiger charge is -2.45. The van der Waals surface area contributed by atoms with E-state index >= 15 is 0 Å². The Morgan fingerprint density at radius 1 is 0.976 bits per heavy atom. The molecule has 0 heterocycles. The second-order valence-corrected chi connectivity index (χ2v) is 27.1. The summed E-state index contributed by atoms with van der Waals surface area (Å²) >= 11 is 0. The van der Waals surface area contributed by atoms with Crippen molar-refractivity contribution in [3.05, 3.63) is 23.3 Å². The highest BCUT2D eigenvalue weighted by molar-refractivity contribution is 6.74. The van der Waals surface area contributed by atoms with Crippen molar-refractivity contribution in [3.63, 3.8) is 0 Å². The van der Waals surface area contributed by atoms with E-state index in [1.165, 1.54) is 37.7 Å². The van der Waals surface area contributed by atoms with Gasteiger partial charge in [-0.3, -0.25) is 4.79 Å². The summed E-state index contributed by atoms with van der Waals surface area (Å²) in [7, 11) is -3.77. The first kappa shape index (κ1) is 35.8. The zero-order valence-corrected chi connectivity index (χ0v) is 31.5. The fourth-order valence-electron chi connectivity index (χ4n) is 7.85. The maximum atomic E-state index is 11.1. The summed E-state index contributed by atoms with van der Waals surface area (Å²) in [5, 5.41) is 9.51. The van der Waals surface area contributed by atoms with Crippen molar-refractivity contribution >= 4 is 22.6 Å². The van der Waals surface area contributed by atoms with Gasteiger partial charge in [-0.15, -0.1) is 0 Å². The standard InChI is InChI=1S/C36H66O4Si2/c1-26(15-13-17-33(37)38)31-20-21-32-28(16-14-22-36(31,32)8)19-18-27-23-29(39-41(9,10)34(2,3)4)25-30(24-27)40-42(11,12)35(5,6)7/h18-19,26,29-32H,13-17,20-25H2,1-12H3,(H,37,38)/b28-19+/t26-,29+,30+,31+,32-,36+/m0/s1. The molecule has 0 aromatic rings. The number of hydrogen-bond acceptors (Lipinski definition) is 3. The van der Waals surface area contributed by atoms with Gasteiger partial charge in [-0.1, -0.05) is 78.7 Å². The van der Waals surface area contributed by atoms with Crippen molar-refractivity contribution in [3.8, 4) is 0 Å². The van der Waals surface area contributed by atoms with Crippen molar-refractivity contribution in [2.24, 2.45) is 23.2 Å². The summed E-state index contributed by atoms with van der Waals surface area (Å²) in [5.41, 5.74) is 3.51. The van der Waals surface area contributed by atoms with E-state index in [-0.39, 0.29) is 22.3 Å². The lowest BCUT2D eigenvalue weighted by Crippen LogP contribution is -2.48. The molecule has 0 aromatic heterocycles. The fourth-order valence-corrected chi connectivity index (χ4v) is 10.6. The van der Waals surface area contributed by atoms with Gasteiger partial charge in [-0.25, -0.2) is 0 Å². The number of rotatable bonds is 10. The summed E-state index contributed by atoms with van der Waals surface area (Å²) in [6, 6.07) is 0. The summed E-state index contributed by atoms with van der Waals surface area (Å²) < 4.78 is 14.1. The minimum absolute atomic E-state index is 0.197. The molecule has 0 spiro atoms. The van der Waals surface area contributed by atoms with Crippen molar-refractivity contribution in [2.45, 2.75) is 174 Å². The van der Waals surface area contributed by atoms with Crippen LogP contribution in [-0.4, -0.2) is 39.9 Å². The molecule has 3 aliphatic rings. The van der Waals surface area contributed by atoms with Crippen LogP contribution in [-0.2, 0) is 13.6 Å². The fraction of sp³-hybridized carbons (Fsp3) is 0.861. The molecule has 0 saturated heterocycles. The summed E-state index contributed by atoms with van der Waals surface area (Å²) in [5.74, 6) is 1.30. The van der Waals surface area contributed by atoms with Crippen LogP contribution in [0.1, 0.15) is 126 Å². The second kappa shape index (κ2) is 13.3. The predicted octanol–water partition coefficient (Wildman–Crippen LogP) is 10.9. The van der Waals surface area contributed by atoms with Crippen molar-refractivity contribution in [1.29, 1.82) is 0 Å². The quantitative estimate of drug-likeness (QED) is 0.247. The molecule has 0 bridgehead atoms. The van der Waals surface area contributed by atoms with E-state index in [1.54, 1.807) is 5.57 Å². The van der Waals surface area contributed by atoms with Gasteiger partial charge in [0.15, 0.2) is 16.6 Å². The van der Waals surface area contributed by atoms with E-state index in [0.717, 1.165) is 32.1 Å². The topological polar surface area (TPSA) is 55.8 Å². The highest BCUT2D eigenvalue weighted by Gasteiger charge is 2.50. The minimum atomic E-state index is -1.88. The van der Waals surface area contributed by atoms with Gasteiger partial charge in [-0.2, -0.15) is 0 Å². The normalized spacial score (nSPS) is 31.2. The van der Waals surface area contributed by atoms with Crippen molar-refractivity contribution in [1.82, 2.24) is 0 Å². The number of carbonyl (C=O) groups is 1. The average Bonchev–Trinajstić information content (AvgIpc) is 3.18. The average molecular weight is 619 g/mol. The van der Waals surface area contributed by atoms with Crippen LogP contribution in [0.5, 0.6) is 0 Å². The first-order chi connectivity index (χ1) is 19.2. The highest BCUT2D eigenvalue weighted by Crippen LogP contribution is 2.60. The number of carboxylic acids is 1. The number of allylic oxidation sites excluding steroid dienone is 3. The van der Waals surface area contributed by atoms with Crippen LogP contribution in [0.4, 0.5) is 0 Å². The van der Waals surface area contributed by atoms with E-state index in [1.807, 2.05) is 0 Å². The van der Waals surface area contributed by atoms with Crippen LogP contribution in [0.2, 0.25) is 36.3 Å². The van der Waals surface area contributed by atoms with Crippen LogP contribution in [0.15, 0.2) is 23.3 Å². The first-order valence-electron chi connectivity index (χ1n) is 17.1. The number of aliphatic carboxylic acids is 1. The third kappa shape index (κ3) is 8.51. The molecular formula is C36H66O4Si2. The molecule has 3 rings (SSSR count). The van der Waals surface area contributed by atoms with Gasteiger partial charge < -0.3 is 14.0 Å². The Kier molecular flexibility index (Phi) is 11.4. The third-order valence-electron chi connectivity index (χ3n) is 12.3. The Morgan fingerprint density at radius 2 is 1.52 bits per heavy atom. The molecule has 1 N–H and O–H groups in total. The van der Waals surface area contributed by atoms with Gasteiger partial charge in [0.2, 0.25) is 0 Å². The molecule has 0 unspecified atom stereocenters. The summed E-state index contributed by atoms with van der Waals surface area (Å²) in [6.45, 7) is 28.5. The summed E-state index contributed by atoms with van der Waals surface area (Å²) in [4.78, 5) is 11.1. The van der Waals surface area contributed by atoms with Gasteiger partial charge >= 0.3 is 5.97 Å². The Hall–Kier alpha value is -0.696. The Morgan fingerprint density at radius 3 is 2.02 bits per heavy atom. The molecule has 0 aliphatic heterocycles. The van der Waals surface area contributed by atoms with E-state index in [4.69, 9.17) is 14.0 Å². The molecule has 3 fully saturated rings. The molecule has 6 heteroatoms. The van der Waals surface area contributed by atoms with E-state index < -0.39 is 22.6 Å². The molecule has 4 nitrogen and oxygen atoms in total. The Balaban J connectivity index is 1.82. The van der Waals surface area contributed by atoms with Crippen LogP contribution in [0, 0.1) is 23.2 Å². The van der Waals surface area contributed by atoms with Crippen LogP contribution in [0.3, 0.4) is 0 Å². The maximum absolute atomic E-state index is 11.1. The predicted molar refractivity (Wildman–Crippen MR) is 183 cm³/mol. The van der Waals surface area contributed by atoms with Crippen LogP contribution in [0.25, 0.3) is 0 Å². The van der Waals surface area contributed by atoms with E-state index in [0.29, 0.717) is 29.6 Å². The SMILES string of the molecule is C[C@@H](CCCC(=O)O)[C@H]1CC[C@H]2/C(=C/C=C3C[C@@H](O[Si](C)(C)C(C)(C)C)C[C@H](O[Si](C)(C)C(C)(C)C)C3)CCC[C@]12C. The van der Waals surface area contributed by atoms with Gasteiger partial charge in [0.25, 0.3) is 0 Å². The monoisotopic (exact) mass is 618 g/mol. The van der Waals surface area contributed by atoms with Crippen molar-refractivity contribution < 1.29 is 18.8 Å². The molecule has 3 aliphatic carbocycles. The zero-order chi connectivity index (χ0) is 31.7. The summed E-state index contributed by atoms with van der Waals surface area (Å²) in [6.07, 6.45) is 17.0. The van der Waals surface area contributed by atoms with Gasteiger partial charge in [0.1, 0.15) is 0 Å². The largest absolute Gasteiger partial charge is 0.481 e. The number of hydrogen-bond donors (Lipinski definition) is 1. The van der Waals surface area contributed by atoms with Gasteiger partial charge in [0, 0.05) is 6.42 Å². The third-order valence-corrected chi connectivity index (χ3v) is 21.4. The molecule has 0 radical (unpaired) electrons. The highest BCUT2D eigenvalue weighted by atomic mass is 28.4. The minimum Gasteiger partial charge on any atom is -0.481 e. The van der Waals surface area contributed by atoms with Crippen LogP contribution < -0.4 is 0 Å². The molecule has 3 saturated carbocycles. The molecule has 0 amide bonds.